The minimum atomic E-state index is -1.00. The van der Waals surface area contributed by atoms with Gasteiger partial charge in [0.1, 0.15) is 6.04 Å². The van der Waals surface area contributed by atoms with Crippen molar-refractivity contribution in [2.24, 2.45) is 34.0 Å². The summed E-state index contributed by atoms with van der Waals surface area (Å²) in [5, 5.41) is 8.38. The number of allylic oxidation sites excluding steroid dienone is 2. The lowest BCUT2D eigenvalue weighted by molar-refractivity contribution is -0.138. The number of carbonyl (C=O) groups is 1. The molecule has 0 radical (unpaired) electrons. The van der Waals surface area contributed by atoms with E-state index >= 15 is 0 Å². The third-order valence-electron chi connectivity index (χ3n) is 3.45. The van der Waals surface area contributed by atoms with E-state index in [4.69, 9.17) is 22.3 Å². The van der Waals surface area contributed by atoms with Crippen LogP contribution in [0.4, 0.5) is 0 Å². The molecule has 6 heteroatoms. The van der Waals surface area contributed by atoms with Crippen molar-refractivity contribution >= 4 is 11.9 Å². The highest BCUT2D eigenvalue weighted by Gasteiger charge is 2.25. The summed E-state index contributed by atoms with van der Waals surface area (Å²) in [6.07, 6.45) is 10.1. The molecule has 3 unspecified atom stereocenters. The highest BCUT2D eigenvalue weighted by molar-refractivity contribution is 5.75. The molecule has 0 spiro atoms. The molecule has 0 aliphatic heterocycles. The maximum Gasteiger partial charge on any atom is 0.320 e. The molecule has 19 heavy (non-hydrogen) atoms. The first-order valence-electron chi connectivity index (χ1n) is 6.71. The van der Waals surface area contributed by atoms with Crippen molar-refractivity contribution in [3.05, 3.63) is 12.2 Å². The lowest BCUT2D eigenvalue weighted by Crippen LogP contribution is -2.30. The molecule has 0 saturated heterocycles. The predicted molar refractivity (Wildman–Crippen MR) is 75.5 cm³/mol. The maximum absolute atomic E-state index is 10.2. The Kier molecular flexibility index (Phi) is 6.35. The summed E-state index contributed by atoms with van der Waals surface area (Å²) in [6, 6.07) is -0.820. The third-order valence-corrected chi connectivity index (χ3v) is 3.45. The number of aliphatic carboxylic acids is 1. The van der Waals surface area contributed by atoms with Crippen molar-refractivity contribution in [3.63, 3.8) is 0 Å². The molecule has 0 aromatic heterocycles. The second-order valence-electron chi connectivity index (χ2n) is 5.11. The van der Waals surface area contributed by atoms with Crippen LogP contribution in [0.1, 0.15) is 32.1 Å². The summed E-state index contributed by atoms with van der Waals surface area (Å²) >= 11 is 0. The number of guanidine groups is 1. The van der Waals surface area contributed by atoms with Gasteiger partial charge in [0.25, 0.3) is 0 Å². The fourth-order valence-electron chi connectivity index (χ4n) is 2.36. The van der Waals surface area contributed by atoms with Crippen LogP contribution in [0.25, 0.3) is 0 Å². The van der Waals surface area contributed by atoms with Crippen LogP contribution in [0, 0.1) is 11.8 Å². The van der Waals surface area contributed by atoms with Gasteiger partial charge in [-0.2, -0.15) is 0 Å². The standard InChI is InChI=1S/C7H10.C6H14N4O2/c1-2-7-4-3-6(1)5-7;7-4(5(11)12)2-1-3-10-6(8)9/h1-2,6-7H,3-5H2;4H,1-3,7H2,(H,11,12)(H4,8,9,10). The van der Waals surface area contributed by atoms with Crippen LogP contribution in [0.2, 0.25) is 0 Å². The summed E-state index contributed by atoms with van der Waals surface area (Å²) in [5.41, 5.74) is 15.3. The number of nitrogens with zero attached hydrogens (tertiary/aromatic N) is 1. The number of aliphatic imine (C=N–C) groups is 1. The van der Waals surface area contributed by atoms with E-state index in [2.05, 4.69) is 17.1 Å². The average molecular weight is 268 g/mol. The molecule has 0 aromatic carbocycles. The Balaban J connectivity index is 0.000000213. The van der Waals surface area contributed by atoms with Crippen molar-refractivity contribution in [2.45, 2.75) is 38.1 Å². The zero-order valence-electron chi connectivity index (χ0n) is 11.2. The Bertz CT molecular complexity index is 339. The number of carboxylic acids is 1. The Morgan fingerprint density at radius 1 is 1.32 bits per heavy atom. The van der Waals surface area contributed by atoms with Gasteiger partial charge in [-0.3, -0.25) is 9.79 Å². The molecule has 2 aliphatic carbocycles. The summed E-state index contributed by atoms with van der Waals surface area (Å²) in [7, 11) is 0. The van der Waals surface area contributed by atoms with Gasteiger partial charge in [0, 0.05) is 6.54 Å². The fourth-order valence-corrected chi connectivity index (χ4v) is 2.36. The molecule has 0 amide bonds. The number of hydrogen-bond acceptors (Lipinski definition) is 3. The lowest BCUT2D eigenvalue weighted by Gasteiger charge is -2.03. The molecule has 108 valence electrons. The van der Waals surface area contributed by atoms with Crippen molar-refractivity contribution in [3.8, 4) is 0 Å². The average Bonchev–Trinajstić information content (AvgIpc) is 2.99. The van der Waals surface area contributed by atoms with Crippen LogP contribution in [0.5, 0.6) is 0 Å². The number of carboxylic acid groups (broad SMARTS) is 1. The van der Waals surface area contributed by atoms with Crippen LogP contribution in [0.3, 0.4) is 0 Å². The normalized spacial score (nSPS) is 24.5. The lowest BCUT2D eigenvalue weighted by atomic mass is 10.1. The van der Waals surface area contributed by atoms with Crippen LogP contribution in [-0.4, -0.2) is 29.6 Å². The summed E-state index contributed by atoms with van der Waals surface area (Å²) < 4.78 is 0. The quantitative estimate of drug-likeness (QED) is 0.249. The Morgan fingerprint density at radius 2 is 1.89 bits per heavy atom. The van der Waals surface area contributed by atoms with Crippen molar-refractivity contribution in [2.75, 3.05) is 6.54 Å². The van der Waals surface area contributed by atoms with E-state index in [0.29, 0.717) is 19.4 Å². The van der Waals surface area contributed by atoms with Gasteiger partial charge in [0.2, 0.25) is 0 Å². The SMILES string of the molecule is C1=CC2CCC1C2.NC(N)=NCCCC(N)C(=O)O. The zero-order chi connectivity index (χ0) is 14.3. The van der Waals surface area contributed by atoms with Gasteiger partial charge in [-0.05, 0) is 43.9 Å². The first-order chi connectivity index (χ1) is 8.99. The van der Waals surface area contributed by atoms with Crippen molar-refractivity contribution in [1.29, 1.82) is 0 Å². The molecule has 0 aromatic rings. The van der Waals surface area contributed by atoms with Gasteiger partial charge >= 0.3 is 5.97 Å². The molecular formula is C13H24N4O2. The second-order valence-corrected chi connectivity index (χ2v) is 5.11. The highest BCUT2D eigenvalue weighted by Crippen LogP contribution is 2.38. The van der Waals surface area contributed by atoms with E-state index in [0.717, 1.165) is 11.8 Å². The van der Waals surface area contributed by atoms with E-state index in [1.807, 2.05) is 0 Å². The van der Waals surface area contributed by atoms with Crippen LogP contribution in [-0.2, 0) is 4.79 Å². The molecule has 3 atom stereocenters. The highest BCUT2D eigenvalue weighted by atomic mass is 16.4. The molecule has 1 fully saturated rings. The third kappa shape index (κ3) is 6.24. The second kappa shape index (κ2) is 7.78. The smallest absolute Gasteiger partial charge is 0.320 e. The van der Waals surface area contributed by atoms with Gasteiger partial charge in [-0.15, -0.1) is 0 Å². The number of nitrogens with two attached hydrogens (primary N) is 3. The molecule has 2 aliphatic rings. The largest absolute Gasteiger partial charge is 0.480 e. The summed E-state index contributed by atoms with van der Waals surface area (Å²) in [5.74, 6) is 0.994. The maximum atomic E-state index is 10.2. The Morgan fingerprint density at radius 3 is 2.21 bits per heavy atom. The van der Waals surface area contributed by atoms with E-state index in [1.165, 1.54) is 19.3 Å². The first kappa shape index (κ1) is 15.5. The van der Waals surface area contributed by atoms with Crippen LogP contribution in [0.15, 0.2) is 17.1 Å². The van der Waals surface area contributed by atoms with E-state index in [-0.39, 0.29) is 5.96 Å². The number of fused-ring (bicyclic) bond motifs is 2. The van der Waals surface area contributed by atoms with Gasteiger partial charge in [-0.25, -0.2) is 0 Å². The van der Waals surface area contributed by atoms with Crippen LogP contribution < -0.4 is 17.2 Å². The van der Waals surface area contributed by atoms with E-state index < -0.39 is 12.0 Å². The molecular weight excluding hydrogens is 244 g/mol. The van der Waals surface area contributed by atoms with Crippen LogP contribution >= 0.6 is 0 Å². The minimum Gasteiger partial charge on any atom is -0.480 e. The van der Waals surface area contributed by atoms with E-state index in [9.17, 15) is 4.79 Å². The molecule has 2 bridgehead atoms. The molecule has 6 nitrogen and oxygen atoms in total. The number of rotatable bonds is 5. The molecule has 0 heterocycles. The van der Waals surface area contributed by atoms with Gasteiger partial charge < -0.3 is 22.3 Å². The Hall–Kier alpha value is -1.56. The molecule has 1 saturated carbocycles. The monoisotopic (exact) mass is 268 g/mol. The zero-order valence-corrected chi connectivity index (χ0v) is 11.2. The number of hydrogen-bond donors (Lipinski definition) is 4. The van der Waals surface area contributed by atoms with Gasteiger partial charge in [0.05, 0.1) is 0 Å². The Labute approximate surface area is 113 Å². The topological polar surface area (TPSA) is 128 Å². The predicted octanol–water partition coefficient (Wildman–Crippen LogP) is 0.424. The van der Waals surface area contributed by atoms with Gasteiger partial charge in [-0.1, -0.05) is 12.2 Å². The molecule has 2 rings (SSSR count). The first-order valence-corrected chi connectivity index (χ1v) is 6.71. The van der Waals surface area contributed by atoms with Gasteiger partial charge in [0.15, 0.2) is 5.96 Å². The van der Waals surface area contributed by atoms with Crippen molar-refractivity contribution in [1.82, 2.24) is 0 Å². The molecule has 7 N–H and O–H groups in total. The minimum absolute atomic E-state index is 0.0129. The summed E-state index contributed by atoms with van der Waals surface area (Å²) in [4.78, 5) is 13.9. The van der Waals surface area contributed by atoms with Crippen molar-refractivity contribution < 1.29 is 9.90 Å². The summed E-state index contributed by atoms with van der Waals surface area (Å²) in [6.45, 7) is 0.420. The van der Waals surface area contributed by atoms with E-state index in [1.54, 1.807) is 0 Å². The fraction of sp³-hybridized carbons (Fsp3) is 0.692.